The van der Waals surface area contributed by atoms with E-state index in [0.717, 1.165) is 17.8 Å². The van der Waals surface area contributed by atoms with E-state index < -0.39 is 0 Å². The Morgan fingerprint density at radius 2 is 1.73 bits per heavy atom. The van der Waals surface area contributed by atoms with Gasteiger partial charge >= 0.3 is 0 Å². The molecule has 0 radical (unpaired) electrons. The summed E-state index contributed by atoms with van der Waals surface area (Å²) in [6.07, 6.45) is 1.10. The molecule has 4 rings (SSSR count). The molecule has 0 spiro atoms. The van der Waals surface area contributed by atoms with E-state index in [-0.39, 0.29) is 30.2 Å². The second-order valence-corrected chi connectivity index (χ2v) is 6.97. The van der Waals surface area contributed by atoms with E-state index in [2.05, 4.69) is 13.0 Å². The first kappa shape index (κ1) is 16.6. The molecule has 0 aliphatic carbocycles. The number of anilines is 2. The van der Waals surface area contributed by atoms with E-state index in [4.69, 9.17) is 4.74 Å². The summed E-state index contributed by atoms with van der Waals surface area (Å²) >= 11 is 0. The zero-order chi connectivity index (χ0) is 18.3. The van der Waals surface area contributed by atoms with Gasteiger partial charge < -0.3 is 14.5 Å². The molecule has 2 aromatic rings. The van der Waals surface area contributed by atoms with Crippen molar-refractivity contribution in [1.82, 2.24) is 0 Å². The zero-order valence-electron chi connectivity index (χ0n) is 15.0. The van der Waals surface area contributed by atoms with E-state index in [9.17, 15) is 9.59 Å². The summed E-state index contributed by atoms with van der Waals surface area (Å²) in [5.74, 6) is 0.316. The van der Waals surface area contributed by atoms with Crippen molar-refractivity contribution in [3.8, 4) is 5.75 Å². The fraction of sp³-hybridized carbons (Fsp3) is 0.333. The molecule has 1 saturated heterocycles. The van der Waals surface area contributed by atoms with Gasteiger partial charge in [-0.15, -0.1) is 0 Å². The van der Waals surface area contributed by atoms with Crippen LogP contribution in [0.5, 0.6) is 5.75 Å². The number of hydrogen-bond donors (Lipinski definition) is 0. The molecule has 2 aliphatic heterocycles. The lowest BCUT2D eigenvalue weighted by atomic mass is 10.1. The van der Waals surface area contributed by atoms with Crippen LogP contribution in [0.25, 0.3) is 0 Å². The number of rotatable bonds is 3. The summed E-state index contributed by atoms with van der Waals surface area (Å²) in [6.45, 7) is 2.45. The van der Waals surface area contributed by atoms with Crippen molar-refractivity contribution in [3.05, 3.63) is 54.1 Å². The maximum absolute atomic E-state index is 13.2. The van der Waals surface area contributed by atoms with Crippen molar-refractivity contribution < 1.29 is 14.3 Å². The number of carbonyl (C=O) groups is 2. The van der Waals surface area contributed by atoms with Crippen LogP contribution in [0, 0.1) is 5.92 Å². The Hall–Kier alpha value is -2.82. The van der Waals surface area contributed by atoms with Crippen LogP contribution < -0.4 is 14.5 Å². The fourth-order valence-electron chi connectivity index (χ4n) is 4.06. The summed E-state index contributed by atoms with van der Waals surface area (Å²) in [5.41, 5.74) is 2.90. The monoisotopic (exact) mass is 350 g/mol. The molecule has 5 nitrogen and oxygen atoms in total. The standard InChI is InChI=1S/C21H22N2O3/c1-14-11-15-7-3-4-8-17(15)23(14)21(25)16-12-20(24)22(13-16)18-9-5-6-10-19(18)26-2/h3-10,14,16H,11-13H2,1-2H3. The summed E-state index contributed by atoms with van der Waals surface area (Å²) in [6, 6.07) is 15.6. The van der Waals surface area contributed by atoms with Crippen LogP contribution in [0.2, 0.25) is 0 Å². The summed E-state index contributed by atoms with van der Waals surface area (Å²) in [4.78, 5) is 29.4. The lowest BCUT2D eigenvalue weighted by molar-refractivity contribution is -0.124. The minimum Gasteiger partial charge on any atom is -0.495 e. The Labute approximate surface area is 153 Å². The highest BCUT2D eigenvalue weighted by atomic mass is 16.5. The Morgan fingerprint density at radius 3 is 2.50 bits per heavy atom. The minimum atomic E-state index is -0.332. The number of carbonyl (C=O) groups excluding carboxylic acids is 2. The van der Waals surface area contributed by atoms with Crippen molar-refractivity contribution in [2.75, 3.05) is 23.5 Å². The quantitative estimate of drug-likeness (QED) is 0.855. The van der Waals surface area contributed by atoms with Crippen LogP contribution in [0.4, 0.5) is 11.4 Å². The molecular formula is C21H22N2O3. The molecule has 1 fully saturated rings. The van der Waals surface area contributed by atoms with Crippen LogP contribution >= 0.6 is 0 Å². The number of fused-ring (bicyclic) bond motifs is 1. The first-order chi connectivity index (χ1) is 12.6. The van der Waals surface area contributed by atoms with Gasteiger partial charge in [-0.2, -0.15) is 0 Å². The van der Waals surface area contributed by atoms with Gasteiger partial charge in [-0.25, -0.2) is 0 Å². The predicted molar refractivity (Wildman–Crippen MR) is 101 cm³/mol. The fourth-order valence-corrected chi connectivity index (χ4v) is 4.06. The Kier molecular flexibility index (Phi) is 4.15. The third-order valence-corrected chi connectivity index (χ3v) is 5.29. The number of nitrogens with zero attached hydrogens (tertiary/aromatic N) is 2. The Morgan fingerprint density at radius 1 is 1.04 bits per heavy atom. The van der Waals surface area contributed by atoms with E-state index in [1.54, 1.807) is 12.0 Å². The zero-order valence-corrected chi connectivity index (χ0v) is 15.0. The maximum Gasteiger partial charge on any atom is 0.232 e. The molecule has 2 unspecified atom stereocenters. The average molecular weight is 350 g/mol. The van der Waals surface area contributed by atoms with Crippen molar-refractivity contribution in [3.63, 3.8) is 0 Å². The highest BCUT2D eigenvalue weighted by Crippen LogP contribution is 2.37. The highest BCUT2D eigenvalue weighted by molar-refractivity contribution is 6.06. The second kappa shape index (κ2) is 6.48. The molecule has 2 amide bonds. The van der Waals surface area contributed by atoms with Crippen LogP contribution in [0.15, 0.2) is 48.5 Å². The SMILES string of the molecule is COc1ccccc1N1CC(C(=O)N2c3ccccc3CC2C)CC1=O. The molecule has 2 atom stereocenters. The molecule has 0 saturated carbocycles. The van der Waals surface area contributed by atoms with E-state index in [1.807, 2.05) is 47.4 Å². The topological polar surface area (TPSA) is 49.9 Å². The normalized spacial score (nSPS) is 21.8. The smallest absolute Gasteiger partial charge is 0.232 e. The van der Waals surface area contributed by atoms with Crippen LogP contribution in [-0.4, -0.2) is 31.5 Å². The van der Waals surface area contributed by atoms with Gasteiger partial charge in [0.15, 0.2) is 0 Å². The van der Waals surface area contributed by atoms with E-state index in [1.165, 1.54) is 5.56 Å². The first-order valence-corrected chi connectivity index (χ1v) is 8.94. The van der Waals surface area contributed by atoms with Gasteiger partial charge in [0.05, 0.1) is 18.7 Å². The number of hydrogen-bond acceptors (Lipinski definition) is 3. The number of ether oxygens (including phenoxy) is 1. The van der Waals surface area contributed by atoms with Crippen LogP contribution in [-0.2, 0) is 16.0 Å². The van der Waals surface area contributed by atoms with Crippen LogP contribution in [0.1, 0.15) is 18.9 Å². The molecule has 134 valence electrons. The summed E-state index contributed by atoms with van der Waals surface area (Å²) in [7, 11) is 1.59. The van der Waals surface area contributed by atoms with Gasteiger partial charge in [-0.05, 0) is 37.1 Å². The molecule has 0 N–H and O–H groups in total. The van der Waals surface area contributed by atoms with Crippen molar-refractivity contribution in [1.29, 1.82) is 0 Å². The van der Waals surface area contributed by atoms with Crippen LogP contribution in [0.3, 0.4) is 0 Å². The number of methoxy groups -OCH3 is 1. The van der Waals surface area contributed by atoms with Gasteiger partial charge in [0, 0.05) is 24.7 Å². The average Bonchev–Trinajstić information content (AvgIpc) is 3.20. The molecule has 2 aromatic carbocycles. The van der Waals surface area contributed by atoms with Gasteiger partial charge in [0.1, 0.15) is 5.75 Å². The number of benzene rings is 2. The van der Waals surface area contributed by atoms with Gasteiger partial charge in [-0.1, -0.05) is 30.3 Å². The largest absolute Gasteiger partial charge is 0.495 e. The molecule has 26 heavy (non-hydrogen) atoms. The predicted octanol–water partition coefficient (Wildman–Crippen LogP) is 3.03. The second-order valence-electron chi connectivity index (χ2n) is 6.97. The molecule has 5 heteroatoms. The number of amides is 2. The lowest BCUT2D eigenvalue weighted by Crippen LogP contribution is -2.41. The summed E-state index contributed by atoms with van der Waals surface area (Å²) < 4.78 is 5.38. The Balaban J connectivity index is 1.58. The summed E-state index contributed by atoms with van der Waals surface area (Å²) in [5, 5.41) is 0. The molecular weight excluding hydrogens is 328 g/mol. The van der Waals surface area contributed by atoms with Crippen molar-refractivity contribution in [2.24, 2.45) is 5.92 Å². The third kappa shape index (κ3) is 2.64. The number of para-hydroxylation sites is 3. The lowest BCUT2D eigenvalue weighted by Gasteiger charge is -2.26. The third-order valence-electron chi connectivity index (χ3n) is 5.29. The first-order valence-electron chi connectivity index (χ1n) is 8.94. The molecule has 2 heterocycles. The van der Waals surface area contributed by atoms with Gasteiger partial charge in [0.25, 0.3) is 0 Å². The Bertz CT molecular complexity index is 864. The van der Waals surface area contributed by atoms with Gasteiger partial charge in [-0.3, -0.25) is 9.59 Å². The maximum atomic E-state index is 13.2. The van der Waals surface area contributed by atoms with E-state index in [0.29, 0.717) is 12.3 Å². The van der Waals surface area contributed by atoms with E-state index >= 15 is 0 Å². The highest BCUT2D eigenvalue weighted by Gasteiger charge is 2.41. The minimum absolute atomic E-state index is 0.0343. The van der Waals surface area contributed by atoms with Crippen molar-refractivity contribution >= 4 is 23.2 Å². The van der Waals surface area contributed by atoms with Crippen molar-refractivity contribution in [2.45, 2.75) is 25.8 Å². The van der Waals surface area contributed by atoms with Gasteiger partial charge in [0.2, 0.25) is 11.8 Å². The molecule has 0 aromatic heterocycles. The molecule has 2 aliphatic rings. The molecule has 0 bridgehead atoms.